The predicted molar refractivity (Wildman–Crippen MR) is 84.5 cm³/mol. The SMILES string of the molecule is C[NH+](C)CCOC(=O)C(O)(c1ccccc1)c1ccccc1. The van der Waals surface area contributed by atoms with Crippen molar-refractivity contribution < 1.29 is 19.5 Å². The van der Waals surface area contributed by atoms with Gasteiger partial charge in [-0.05, 0) is 11.1 Å². The zero-order valence-corrected chi connectivity index (χ0v) is 13.0. The highest BCUT2D eigenvalue weighted by Crippen LogP contribution is 2.30. The second-order valence-electron chi connectivity index (χ2n) is 5.54. The summed E-state index contributed by atoms with van der Waals surface area (Å²) in [7, 11) is 3.96. The van der Waals surface area contributed by atoms with Crippen molar-refractivity contribution in [3.05, 3.63) is 71.8 Å². The fraction of sp³-hybridized carbons (Fsp3) is 0.278. The van der Waals surface area contributed by atoms with Crippen molar-refractivity contribution in [2.75, 3.05) is 27.2 Å². The Labute approximate surface area is 131 Å². The Morgan fingerprint density at radius 2 is 1.45 bits per heavy atom. The molecule has 0 aromatic heterocycles. The van der Waals surface area contributed by atoms with Crippen LogP contribution in [0.5, 0.6) is 0 Å². The Hall–Kier alpha value is -2.17. The van der Waals surface area contributed by atoms with Gasteiger partial charge in [0.15, 0.2) is 0 Å². The molecule has 4 heteroatoms. The molecule has 0 unspecified atom stereocenters. The minimum absolute atomic E-state index is 0.267. The maximum Gasteiger partial charge on any atom is 0.347 e. The molecular formula is C18H22NO3+. The van der Waals surface area contributed by atoms with Gasteiger partial charge in [-0.1, -0.05) is 60.7 Å². The number of hydrogen-bond acceptors (Lipinski definition) is 3. The largest absolute Gasteiger partial charge is 0.457 e. The van der Waals surface area contributed by atoms with E-state index in [0.717, 1.165) is 0 Å². The van der Waals surface area contributed by atoms with Crippen molar-refractivity contribution in [1.29, 1.82) is 0 Å². The van der Waals surface area contributed by atoms with E-state index in [1.54, 1.807) is 48.5 Å². The predicted octanol–water partition coefficient (Wildman–Crippen LogP) is 0.610. The van der Waals surface area contributed by atoms with Crippen LogP contribution in [0.3, 0.4) is 0 Å². The van der Waals surface area contributed by atoms with E-state index in [0.29, 0.717) is 17.7 Å². The molecule has 2 aromatic rings. The number of carbonyl (C=O) groups excluding carboxylic acids is 1. The number of nitrogens with one attached hydrogen (secondary N) is 1. The lowest BCUT2D eigenvalue weighted by Crippen LogP contribution is -3.06. The number of likely N-dealkylation sites (N-methyl/N-ethyl adjacent to an activating group) is 1. The minimum atomic E-state index is -1.79. The minimum Gasteiger partial charge on any atom is -0.457 e. The average molecular weight is 300 g/mol. The molecule has 2 N–H and O–H groups in total. The van der Waals surface area contributed by atoms with Crippen molar-refractivity contribution >= 4 is 5.97 Å². The molecule has 4 nitrogen and oxygen atoms in total. The summed E-state index contributed by atoms with van der Waals surface area (Å²) in [6, 6.07) is 17.8. The van der Waals surface area contributed by atoms with E-state index >= 15 is 0 Å². The normalized spacial score (nSPS) is 11.5. The third-order valence-corrected chi connectivity index (χ3v) is 3.51. The van der Waals surface area contributed by atoms with Gasteiger partial charge in [0.1, 0.15) is 13.2 Å². The molecule has 0 saturated heterocycles. The molecule has 0 bridgehead atoms. The maximum absolute atomic E-state index is 12.6. The topological polar surface area (TPSA) is 51.0 Å². The number of aliphatic hydroxyl groups is 1. The molecule has 2 aromatic carbocycles. The summed E-state index contributed by atoms with van der Waals surface area (Å²) < 4.78 is 5.32. The molecule has 0 heterocycles. The lowest BCUT2D eigenvalue weighted by Gasteiger charge is -2.27. The van der Waals surface area contributed by atoms with Gasteiger partial charge in [0.2, 0.25) is 5.60 Å². The highest BCUT2D eigenvalue weighted by atomic mass is 16.5. The number of carbonyl (C=O) groups is 1. The van der Waals surface area contributed by atoms with Crippen LogP contribution in [0.4, 0.5) is 0 Å². The van der Waals surface area contributed by atoms with E-state index in [2.05, 4.69) is 0 Å². The van der Waals surface area contributed by atoms with Gasteiger partial charge in [0, 0.05) is 0 Å². The molecular weight excluding hydrogens is 278 g/mol. The molecule has 0 radical (unpaired) electrons. The van der Waals surface area contributed by atoms with Gasteiger partial charge in [-0.2, -0.15) is 0 Å². The van der Waals surface area contributed by atoms with Gasteiger partial charge < -0.3 is 14.7 Å². The van der Waals surface area contributed by atoms with E-state index in [9.17, 15) is 9.90 Å². The summed E-state index contributed by atoms with van der Waals surface area (Å²) >= 11 is 0. The third-order valence-electron chi connectivity index (χ3n) is 3.51. The third kappa shape index (κ3) is 3.53. The van der Waals surface area contributed by atoms with Gasteiger partial charge >= 0.3 is 5.97 Å². The highest BCUT2D eigenvalue weighted by molar-refractivity contribution is 5.85. The maximum atomic E-state index is 12.6. The van der Waals surface area contributed by atoms with E-state index in [4.69, 9.17) is 4.74 Å². The molecule has 0 aliphatic carbocycles. The number of ether oxygens (including phenoxy) is 1. The van der Waals surface area contributed by atoms with Crippen LogP contribution in [-0.2, 0) is 15.1 Å². The quantitative estimate of drug-likeness (QED) is 0.769. The summed E-state index contributed by atoms with van der Waals surface area (Å²) in [4.78, 5) is 13.7. The molecule has 0 amide bonds. The molecule has 0 fully saturated rings. The van der Waals surface area contributed by atoms with Crippen LogP contribution >= 0.6 is 0 Å². The number of benzene rings is 2. The van der Waals surface area contributed by atoms with E-state index in [1.807, 2.05) is 26.2 Å². The highest BCUT2D eigenvalue weighted by Gasteiger charge is 2.41. The first kappa shape index (κ1) is 16.2. The Balaban J connectivity index is 2.32. The van der Waals surface area contributed by atoms with Crippen molar-refractivity contribution in [1.82, 2.24) is 0 Å². The molecule has 2 rings (SSSR count). The first-order valence-corrected chi connectivity index (χ1v) is 7.35. The second-order valence-corrected chi connectivity index (χ2v) is 5.54. The van der Waals surface area contributed by atoms with Crippen LogP contribution in [0.25, 0.3) is 0 Å². The summed E-state index contributed by atoms with van der Waals surface area (Å²) in [6.07, 6.45) is 0. The smallest absolute Gasteiger partial charge is 0.347 e. The molecule has 0 aliphatic rings. The summed E-state index contributed by atoms with van der Waals surface area (Å²) in [5, 5.41) is 11.1. The molecule has 116 valence electrons. The Kier molecular flexibility index (Phi) is 5.31. The van der Waals surface area contributed by atoms with E-state index in [-0.39, 0.29) is 6.61 Å². The lowest BCUT2D eigenvalue weighted by molar-refractivity contribution is -0.858. The van der Waals surface area contributed by atoms with Crippen LogP contribution in [0, 0.1) is 0 Å². The fourth-order valence-corrected chi connectivity index (χ4v) is 2.21. The standard InChI is InChI=1S/C18H21NO3/c1-19(2)13-14-22-17(20)18(21,15-9-5-3-6-10-15)16-11-7-4-8-12-16/h3-12,21H,13-14H2,1-2H3/p+1. The molecule has 0 atom stereocenters. The van der Waals surface area contributed by atoms with Crippen molar-refractivity contribution in [2.24, 2.45) is 0 Å². The van der Waals surface area contributed by atoms with Gasteiger partial charge in [-0.15, -0.1) is 0 Å². The monoisotopic (exact) mass is 300 g/mol. The Morgan fingerprint density at radius 3 is 1.86 bits per heavy atom. The lowest BCUT2D eigenvalue weighted by atomic mass is 9.86. The Bertz CT molecular complexity index is 557. The first-order chi connectivity index (χ1) is 10.5. The summed E-state index contributed by atoms with van der Waals surface area (Å²) in [5.74, 6) is -0.647. The van der Waals surface area contributed by atoms with Gasteiger partial charge in [0.05, 0.1) is 14.1 Å². The van der Waals surface area contributed by atoms with Crippen LogP contribution in [0.2, 0.25) is 0 Å². The fourth-order valence-electron chi connectivity index (χ4n) is 2.21. The van der Waals surface area contributed by atoms with E-state index < -0.39 is 11.6 Å². The second kappa shape index (κ2) is 7.20. The first-order valence-electron chi connectivity index (χ1n) is 7.35. The van der Waals surface area contributed by atoms with Gasteiger partial charge in [-0.25, -0.2) is 4.79 Å². The molecule has 0 spiro atoms. The van der Waals surface area contributed by atoms with Crippen molar-refractivity contribution in [3.8, 4) is 0 Å². The zero-order valence-electron chi connectivity index (χ0n) is 13.0. The van der Waals surface area contributed by atoms with Crippen LogP contribution in [0.15, 0.2) is 60.7 Å². The average Bonchev–Trinajstić information content (AvgIpc) is 2.55. The van der Waals surface area contributed by atoms with Crippen LogP contribution in [0.1, 0.15) is 11.1 Å². The van der Waals surface area contributed by atoms with Crippen molar-refractivity contribution in [2.45, 2.75) is 5.60 Å². The molecule has 0 aliphatic heterocycles. The van der Waals surface area contributed by atoms with Crippen molar-refractivity contribution in [3.63, 3.8) is 0 Å². The number of quaternary nitrogens is 1. The van der Waals surface area contributed by atoms with Crippen LogP contribution < -0.4 is 4.90 Å². The van der Waals surface area contributed by atoms with Crippen LogP contribution in [-0.4, -0.2) is 38.3 Å². The van der Waals surface area contributed by atoms with E-state index in [1.165, 1.54) is 4.90 Å². The number of esters is 1. The zero-order chi connectivity index (χ0) is 16.0. The molecule has 22 heavy (non-hydrogen) atoms. The number of rotatable bonds is 6. The van der Waals surface area contributed by atoms with Gasteiger partial charge in [-0.3, -0.25) is 0 Å². The summed E-state index contributed by atoms with van der Waals surface area (Å²) in [6.45, 7) is 0.953. The number of hydrogen-bond donors (Lipinski definition) is 2. The summed E-state index contributed by atoms with van der Waals surface area (Å²) in [5.41, 5.74) is -0.781. The molecule has 0 saturated carbocycles. The van der Waals surface area contributed by atoms with Gasteiger partial charge in [0.25, 0.3) is 0 Å². The Morgan fingerprint density at radius 1 is 1.00 bits per heavy atom.